The average Bonchev–Trinajstić information content (AvgIpc) is 3.22. The molecule has 3 unspecified atom stereocenters. The van der Waals surface area contributed by atoms with Crippen LogP contribution in [0.2, 0.25) is 0 Å². The molecule has 0 bridgehead atoms. The van der Waals surface area contributed by atoms with Gasteiger partial charge >= 0.3 is 19.8 Å². The molecule has 0 spiro atoms. The maximum Gasteiger partial charge on any atom is 0.472 e. The van der Waals surface area contributed by atoms with Crippen molar-refractivity contribution in [2.45, 2.75) is 193 Å². The molecule has 0 aliphatic heterocycles. The second-order valence-corrected chi connectivity index (χ2v) is 16.5. The fourth-order valence-electron chi connectivity index (χ4n) is 5.91. The third-order valence-corrected chi connectivity index (χ3v) is 10.3. The van der Waals surface area contributed by atoms with Gasteiger partial charge in [0.1, 0.15) is 12.2 Å². The number of hydrogen-bond acceptors (Lipinski definition) is 9. The predicted octanol–water partition coefficient (Wildman–Crippen LogP) is 12.4. The lowest BCUT2D eigenvalue weighted by Gasteiger charge is -2.20. The van der Waals surface area contributed by atoms with Crippen molar-refractivity contribution in [1.29, 1.82) is 0 Å². The Labute approximate surface area is 358 Å². The highest BCUT2D eigenvalue weighted by molar-refractivity contribution is 7.47. The average molecular weight is 851 g/mol. The first-order valence-corrected chi connectivity index (χ1v) is 24.4. The van der Waals surface area contributed by atoms with Gasteiger partial charge in [0.05, 0.1) is 26.4 Å². The number of unbranched alkanes of at least 4 members (excludes halogenated alkanes) is 16. The van der Waals surface area contributed by atoms with E-state index in [9.17, 15) is 29.3 Å². The molecule has 0 rings (SSSR count). The second kappa shape index (κ2) is 43.5. The molecule has 3 N–H and O–H groups in total. The summed E-state index contributed by atoms with van der Waals surface area (Å²) < 4.78 is 32.6. The van der Waals surface area contributed by atoms with Gasteiger partial charge < -0.3 is 24.6 Å². The Hall–Kier alpha value is -2.59. The molecule has 11 heteroatoms. The number of carbonyl (C=O) groups excluding carboxylic acids is 2. The van der Waals surface area contributed by atoms with E-state index >= 15 is 0 Å². The van der Waals surface area contributed by atoms with Gasteiger partial charge in [-0.2, -0.15) is 0 Å². The molecular weight excluding hydrogens is 767 g/mol. The number of allylic oxidation sites excluding steroid dienone is 12. The minimum absolute atomic E-state index is 0.173. The summed E-state index contributed by atoms with van der Waals surface area (Å²) in [6.45, 7) is 2.00. The number of ether oxygens (including phenoxy) is 2. The zero-order valence-corrected chi connectivity index (χ0v) is 37.8. The molecule has 0 amide bonds. The zero-order valence-electron chi connectivity index (χ0n) is 36.9. The van der Waals surface area contributed by atoms with Crippen molar-refractivity contribution in [2.24, 2.45) is 0 Å². The third-order valence-electron chi connectivity index (χ3n) is 9.38. The molecule has 0 fully saturated rings. The van der Waals surface area contributed by atoms with Gasteiger partial charge in [-0.25, -0.2) is 4.57 Å². The number of hydrogen-bond donors (Lipinski definition) is 3. The van der Waals surface area contributed by atoms with Gasteiger partial charge in [-0.1, -0.05) is 164 Å². The lowest BCUT2D eigenvalue weighted by atomic mass is 10.0. The van der Waals surface area contributed by atoms with Crippen molar-refractivity contribution in [3.05, 3.63) is 72.9 Å². The van der Waals surface area contributed by atoms with E-state index in [1.54, 1.807) is 0 Å². The summed E-state index contributed by atoms with van der Waals surface area (Å²) >= 11 is 0. The second-order valence-electron chi connectivity index (χ2n) is 15.0. The van der Waals surface area contributed by atoms with E-state index in [0.29, 0.717) is 12.8 Å². The van der Waals surface area contributed by atoms with Crippen LogP contribution in [0.1, 0.15) is 181 Å². The van der Waals surface area contributed by atoms with E-state index in [0.717, 1.165) is 96.3 Å². The fraction of sp³-hybridized carbons (Fsp3) is 0.708. The van der Waals surface area contributed by atoms with E-state index in [4.69, 9.17) is 18.5 Å². The SMILES string of the molecule is CC/C=C\C/C=C\C/C=C\C/C=C\CCCCCCCCCCCCC(=O)OC(CO)COP(=O)(O)OCC(CO)OC(=O)CCCCCCC/C=C\C/C=C\CCC. The number of phosphoric acid groups is 1. The number of aliphatic hydroxyl groups excluding tert-OH is 2. The van der Waals surface area contributed by atoms with Crippen LogP contribution >= 0.6 is 7.82 Å². The van der Waals surface area contributed by atoms with Crippen LogP contribution in [-0.4, -0.2) is 65.7 Å². The Balaban J connectivity index is 3.89. The van der Waals surface area contributed by atoms with E-state index in [1.165, 1.54) is 44.9 Å². The normalized spacial score (nSPS) is 14.5. The summed E-state index contributed by atoms with van der Waals surface area (Å²) in [5, 5.41) is 19.2. The topological polar surface area (TPSA) is 149 Å². The maximum absolute atomic E-state index is 12.4. The van der Waals surface area contributed by atoms with Crippen molar-refractivity contribution < 1.29 is 47.8 Å². The van der Waals surface area contributed by atoms with Crippen LogP contribution in [0, 0.1) is 0 Å². The molecule has 10 nitrogen and oxygen atoms in total. The Kier molecular flexibility index (Phi) is 41.6. The van der Waals surface area contributed by atoms with Crippen molar-refractivity contribution in [2.75, 3.05) is 26.4 Å². The van der Waals surface area contributed by atoms with Gasteiger partial charge in [-0.3, -0.25) is 18.6 Å². The van der Waals surface area contributed by atoms with Gasteiger partial charge in [0.25, 0.3) is 0 Å². The standard InChI is InChI=1S/C48H83O10P/c1-3-5-7-9-11-13-15-17-18-19-20-21-22-23-24-25-26-28-30-32-34-36-38-40-48(52)58-46(42-50)44-56-59(53,54)55-43-45(41-49)57-47(51)39-37-35-33-31-29-27-16-14-12-10-8-6-4-2/h5,7-8,10-11,13-14,16-18,20-21,45-46,49-50H,3-4,6,9,12,15,19,22-44H2,1-2H3,(H,53,54)/b7-5-,10-8-,13-11-,16-14-,18-17-,21-20-. The van der Waals surface area contributed by atoms with Crippen LogP contribution < -0.4 is 0 Å². The molecule has 0 aliphatic rings. The first kappa shape index (κ1) is 56.4. The van der Waals surface area contributed by atoms with Crippen LogP contribution in [0.3, 0.4) is 0 Å². The minimum Gasteiger partial charge on any atom is -0.457 e. The number of aliphatic hydroxyl groups is 2. The van der Waals surface area contributed by atoms with Gasteiger partial charge in [0.15, 0.2) is 0 Å². The Bertz CT molecular complexity index is 1210. The Morgan fingerprint density at radius 1 is 0.475 bits per heavy atom. The summed E-state index contributed by atoms with van der Waals surface area (Å²) in [5.74, 6) is -1.04. The van der Waals surface area contributed by atoms with E-state index in [2.05, 4.69) is 86.8 Å². The third kappa shape index (κ3) is 41.9. The van der Waals surface area contributed by atoms with Gasteiger partial charge in [-0.15, -0.1) is 0 Å². The number of carbonyl (C=O) groups is 2. The van der Waals surface area contributed by atoms with Crippen molar-refractivity contribution >= 4 is 19.8 Å². The van der Waals surface area contributed by atoms with Crippen LogP contribution in [-0.2, 0) is 32.7 Å². The summed E-state index contributed by atoms with van der Waals surface area (Å²) in [6, 6.07) is 0. The monoisotopic (exact) mass is 851 g/mol. The van der Waals surface area contributed by atoms with Crippen molar-refractivity contribution in [3.8, 4) is 0 Å². The molecule has 0 saturated heterocycles. The van der Waals surface area contributed by atoms with Gasteiger partial charge in [0, 0.05) is 12.8 Å². The quantitative estimate of drug-likeness (QED) is 0.0234. The molecule has 59 heavy (non-hydrogen) atoms. The molecule has 0 aromatic heterocycles. The van der Waals surface area contributed by atoms with Crippen molar-refractivity contribution in [1.82, 2.24) is 0 Å². The van der Waals surface area contributed by atoms with Crippen LogP contribution in [0.25, 0.3) is 0 Å². The molecule has 0 aromatic carbocycles. The van der Waals surface area contributed by atoms with Crippen molar-refractivity contribution in [3.63, 3.8) is 0 Å². The van der Waals surface area contributed by atoms with E-state index in [1.807, 2.05) is 0 Å². The van der Waals surface area contributed by atoms with Gasteiger partial charge in [0.2, 0.25) is 0 Å². The molecule has 0 heterocycles. The van der Waals surface area contributed by atoms with Crippen LogP contribution in [0.4, 0.5) is 0 Å². The molecule has 0 saturated carbocycles. The predicted molar refractivity (Wildman–Crippen MR) is 242 cm³/mol. The van der Waals surface area contributed by atoms with E-state index < -0.39 is 58.4 Å². The van der Waals surface area contributed by atoms with Gasteiger partial charge in [-0.05, 0) is 77.0 Å². The molecule has 0 aromatic rings. The fourth-order valence-corrected chi connectivity index (χ4v) is 6.69. The smallest absolute Gasteiger partial charge is 0.457 e. The highest BCUT2D eigenvalue weighted by Crippen LogP contribution is 2.43. The largest absolute Gasteiger partial charge is 0.472 e. The van der Waals surface area contributed by atoms with Crippen LogP contribution in [0.15, 0.2) is 72.9 Å². The number of esters is 2. The summed E-state index contributed by atoms with van der Waals surface area (Å²) in [6.07, 6.45) is 50.2. The molecule has 0 radical (unpaired) electrons. The summed E-state index contributed by atoms with van der Waals surface area (Å²) in [4.78, 5) is 34.5. The minimum atomic E-state index is -4.65. The number of rotatable bonds is 42. The van der Waals surface area contributed by atoms with E-state index in [-0.39, 0.29) is 12.8 Å². The first-order valence-electron chi connectivity index (χ1n) is 22.9. The summed E-state index contributed by atoms with van der Waals surface area (Å²) in [7, 11) is -4.65. The highest BCUT2D eigenvalue weighted by Gasteiger charge is 2.27. The lowest BCUT2D eigenvalue weighted by molar-refractivity contribution is -0.153. The molecule has 340 valence electrons. The number of phosphoric ester groups is 1. The lowest BCUT2D eigenvalue weighted by Crippen LogP contribution is -2.28. The van der Waals surface area contributed by atoms with Crippen LogP contribution in [0.5, 0.6) is 0 Å². The zero-order chi connectivity index (χ0) is 43.3. The summed E-state index contributed by atoms with van der Waals surface area (Å²) in [5.41, 5.74) is 0. The Morgan fingerprint density at radius 3 is 1.15 bits per heavy atom. The Morgan fingerprint density at radius 2 is 0.797 bits per heavy atom. The maximum atomic E-state index is 12.4. The highest BCUT2D eigenvalue weighted by atomic mass is 31.2. The molecule has 3 atom stereocenters. The first-order chi connectivity index (χ1) is 28.8. The molecular formula is C48H83O10P. The molecule has 0 aliphatic carbocycles.